The van der Waals surface area contributed by atoms with Crippen LogP contribution in [-0.2, 0) is 13.0 Å². The van der Waals surface area contributed by atoms with Crippen LogP contribution >= 0.6 is 0 Å². The number of aryl methyl sites for hydroxylation is 2. The molecule has 1 unspecified atom stereocenters. The fraction of sp³-hybridized carbons (Fsp3) is 0.500. The molecule has 0 spiro atoms. The lowest BCUT2D eigenvalue weighted by molar-refractivity contribution is 0.504. The summed E-state index contributed by atoms with van der Waals surface area (Å²) in [5.74, 6) is 1.14. The molecule has 1 atom stereocenters. The maximum atomic E-state index is 4.50. The van der Waals surface area contributed by atoms with E-state index >= 15 is 0 Å². The van der Waals surface area contributed by atoms with E-state index in [1.807, 2.05) is 24.8 Å². The summed E-state index contributed by atoms with van der Waals surface area (Å²) in [6.45, 7) is 8.44. The van der Waals surface area contributed by atoms with E-state index in [0.717, 1.165) is 31.8 Å². The van der Waals surface area contributed by atoms with E-state index in [2.05, 4.69) is 46.7 Å². The summed E-state index contributed by atoms with van der Waals surface area (Å²) < 4.78 is 2.21. The topological polar surface area (TPSA) is 42.7 Å². The molecule has 4 heteroatoms. The Morgan fingerprint density at radius 1 is 1.30 bits per heavy atom. The van der Waals surface area contributed by atoms with Crippen molar-refractivity contribution in [2.24, 2.45) is 0 Å². The van der Waals surface area contributed by atoms with Gasteiger partial charge in [0.1, 0.15) is 5.82 Å². The highest BCUT2D eigenvalue weighted by Gasteiger charge is 2.16. The minimum absolute atomic E-state index is 0.297. The van der Waals surface area contributed by atoms with Crippen molar-refractivity contribution in [2.75, 3.05) is 6.54 Å². The number of imidazole rings is 1. The molecule has 0 aliphatic rings. The highest BCUT2D eigenvalue weighted by Crippen LogP contribution is 2.20. The molecular weight excluding hydrogens is 248 g/mol. The van der Waals surface area contributed by atoms with Gasteiger partial charge in [-0.1, -0.05) is 6.92 Å². The van der Waals surface area contributed by atoms with Gasteiger partial charge < -0.3 is 9.88 Å². The minimum atomic E-state index is 0.297. The van der Waals surface area contributed by atoms with Crippen molar-refractivity contribution in [2.45, 2.75) is 46.2 Å². The third kappa shape index (κ3) is 3.45. The molecule has 2 heterocycles. The monoisotopic (exact) mass is 272 g/mol. The maximum Gasteiger partial charge on any atom is 0.110 e. The summed E-state index contributed by atoms with van der Waals surface area (Å²) in [5.41, 5.74) is 2.55. The molecule has 0 aliphatic carbocycles. The third-order valence-electron chi connectivity index (χ3n) is 3.61. The lowest BCUT2D eigenvalue weighted by Crippen LogP contribution is -2.26. The Morgan fingerprint density at radius 3 is 2.85 bits per heavy atom. The first-order valence-corrected chi connectivity index (χ1v) is 7.40. The van der Waals surface area contributed by atoms with Crippen LogP contribution in [0.3, 0.4) is 0 Å². The zero-order chi connectivity index (χ0) is 14.4. The van der Waals surface area contributed by atoms with Gasteiger partial charge in [-0.15, -0.1) is 0 Å². The minimum Gasteiger partial charge on any atom is -0.335 e. The molecule has 0 aliphatic heterocycles. The maximum absolute atomic E-state index is 4.50. The molecule has 4 nitrogen and oxygen atoms in total. The fourth-order valence-corrected chi connectivity index (χ4v) is 2.49. The molecule has 0 amide bonds. The van der Waals surface area contributed by atoms with Crippen LogP contribution in [0.4, 0.5) is 0 Å². The molecule has 2 aromatic heterocycles. The average molecular weight is 272 g/mol. The second-order valence-corrected chi connectivity index (χ2v) is 5.07. The number of rotatable bonds is 7. The van der Waals surface area contributed by atoms with Gasteiger partial charge in [0.25, 0.3) is 0 Å². The van der Waals surface area contributed by atoms with Crippen molar-refractivity contribution in [1.29, 1.82) is 0 Å². The smallest absolute Gasteiger partial charge is 0.110 e. The van der Waals surface area contributed by atoms with Crippen molar-refractivity contribution >= 4 is 0 Å². The standard InChI is InChI=1S/C16H24N4/c1-4-7-18-15(14-6-8-17-12-13(14)3)11-16-19-9-10-20(16)5-2/h6,8-10,12,15,18H,4-5,7,11H2,1-3H3. The Labute approximate surface area is 121 Å². The van der Waals surface area contributed by atoms with Gasteiger partial charge in [0.05, 0.1) is 0 Å². The second-order valence-electron chi connectivity index (χ2n) is 5.07. The van der Waals surface area contributed by atoms with Gasteiger partial charge in [-0.25, -0.2) is 4.98 Å². The molecular formula is C16H24N4. The molecule has 0 radical (unpaired) electrons. The van der Waals surface area contributed by atoms with Crippen molar-refractivity contribution in [3.8, 4) is 0 Å². The first kappa shape index (κ1) is 14.7. The van der Waals surface area contributed by atoms with E-state index in [0.29, 0.717) is 6.04 Å². The molecule has 0 saturated carbocycles. The second kappa shape index (κ2) is 7.20. The first-order chi connectivity index (χ1) is 9.76. The van der Waals surface area contributed by atoms with E-state index in [1.54, 1.807) is 0 Å². The molecule has 0 bridgehead atoms. The lowest BCUT2D eigenvalue weighted by atomic mass is 10.00. The van der Waals surface area contributed by atoms with Crippen LogP contribution in [0, 0.1) is 6.92 Å². The van der Waals surface area contributed by atoms with E-state index in [-0.39, 0.29) is 0 Å². The Morgan fingerprint density at radius 2 is 2.15 bits per heavy atom. The van der Waals surface area contributed by atoms with Crippen molar-refractivity contribution in [3.05, 3.63) is 47.8 Å². The number of nitrogens with one attached hydrogen (secondary N) is 1. The predicted molar refractivity (Wildman–Crippen MR) is 81.6 cm³/mol. The van der Waals surface area contributed by atoms with Crippen molar-refractivity contribution < 1.29 is 0 Å². The average Bonchev–Trinajstić information content (AvgIpc) is 2.91. The van der Waals surface area contributed by atoms with Gasteiger partial charge in [-0.05, 0) is 44.0 Å². The van der Waals surface area contributed by atoms with Crippen LogP contribution in [0.1, 0.15) is 43.3 Å². The fourth-order valence-electron chi connectivity index (χ4n) is 2.49. The van der Waals surface area contributed by atoms with Crippen LogP contribution in [0.2, 0.25) is 0 Å². The van der Waals surface area contributed by atoms with Crippen LogP contribution in [0.15, 0.2) is 30.9 Å². The number of aromatic nitrogens is 3. The Bertz CT molecular complexity index is 533. The van der Waals surface area contributed by atoms with Crippen molar-refractivity contribution in [1.82, 2.24) is 19.9 Å². The molecule has 2 rings (SSSR count). The third-order valence-corrected chi connectivity index (χ3v) is 3.61. The summed E-state index contributed by atoms with van der Waals surface area (Å²) in [5, 5.41) is 3.64. The van der Waals surface area contributed by atoms with Crippen LogP contribution in [-0.4, -0.2) is 21.1 Å². The molecule has 0 fully saturated rings. The molecule has 0 saturated heterocycles. The summed E-state index contributed by atoms with van der Waals surface area (Å²) in [6.07, 6.45) is 9.77. The summed E-state index contributed by atoms with van der Waals surface area (Å²) in [4.78, 5) is 8.69. The molecule has 1 N–H and O–H groups in total. The van der Waals surface area contributed by atoms with Gasteiger partial charge in [0.15, 0.2) is 0 Å². The number of pyridine rings is 1. The van der Waals surface area contributed by atoms with E-state index in [9.17, 15) is 0 Å². The van der Waals surface area contributed by atoms with Gasteiger partial charge >= 0.3 is 0 Å². The molecule has 20 heavy (non-hydrogen) atoms. The Balaban J connectivity index is 2.22. The largest absolute Gasteiger partial charge is 0.335 e. The molecule has 0 aromatic carbocycles. The number of hydrogen-bond acceptors (Lipinski definition) is 3. The quantitative estimate of drug-likeness (QED) is 0.842. The SMILES string of the molecule is CCCNC(Cc1nccn1CC)c1ccncc1C. The van der Waals surface area contributed by atoms with Gasteiger partial charge in [-0.3, -0.25) is 4.98 Å². The first-order valence-electron chi connectivity index (χ1n) is 7.40. The zero-order valence-corrected chi connectivity index (χ0v) is 12.6. The lowest BCUT2D eigenvalue weighted by Gasteiger charge is -2.20. The van der Waals surface area contributed by atoms with E-state index in [1.165, 1.54) is 11.1 Å². The molecule has 2 aromatic rings. The Hall–Kier alpha value is -1.68. The number of nitrogens with zero attached hydrogens (tertiary/aromatic N) is 3. The van der Waals surface area contributed by atoms with Crippen LogP contribution < -0.4 is 5.32 Å². The normalized spacial score (nSPS) is 12.6. The van der Waals surface area contributed by atoms with Gasteiger partial charge in [-0.2, -0.15) is 0 Å². The van der Waals surface area contributed by atoms with E-state index in [4.69, 9.17) is 0 Å². The highest BCUT2D eigenvalue weighted by atomic mass is 15.1. The zero-order valence-electron chi connectivity index (χ0n) is 12.6. The number of hydrogen-bond donors (Lipinski definition) is 1. The molecule has 108 valence electrons. The van der Waals surface area contributed by atoms with Gasteiger partial charge in [0, 0.05) is 43.8 Å². The summed E-state index contributed by atoms with van der Waals surface area (Å²) in [6, 6.07) is 2.41. The summed E-state index contributed by atoms with van der Waals surface area (Å²) in [7, 11) is 0. The Kier molecular flexibility index (Phi) is 5.30. The predicted octanol–water partition coefficient (Wildman–Crippen LogP) is 2.89. The van der Waals surface area contributed by atoms with Crippen LogP contribution in [0.25, 0.3) is 0 Å². The van der Waals surface area contributed by atoms with E-state index < -0.39 is 0 Å². The summed E-state index contributed by atoms with van der Waals surface area (Å²) >= 11 is 0. The highest BCUT2D eigenvalue weighted by molar-refractivity contribution is 5.26. The van der Waals surface area contributed by atoms with Crippen LogP contribution in [0.5, 0.6) is 0 Å². The van der Waals surface area contributed by atoms with Gasteiger partial charge in [0.2, 0.25) is 0 Å². The van der Waals surface area contributed by atoms with Crippen molar-refractivity contribution in [3.63, 3.8) is 0 Å².